The van der Waals surface area contributed by atoms with Crippen molar-refractivity contribution in [2.75, 3.05) is 38.2 Å². The molecule has 266 valence electrons. The summed E-state index contributed by atoms with van der Waals surface area (Å²) in [5.41, 5.74) is 3.04. The molecule has 2 aliphatic rings. The van der Waals surface area contributed by atoms with E-state index < -0.39 is 6.03 Å². The number of pyridine rings is 1. The quantitative estimate of drug-likeness (QED) is 0.168. The van der Waals surface area contributed by atoms with Crippen molar-refractivity contribution in [3.05, 3.63) is 77.1 Å². The third kappa shape index (κ3) is 8.13. The van der Waals surface area contributed by atoms with Crippen molar-refractivity contribution in [1.29, 1.82) is 0 Å². The van der Waals surface area contributed by atoms with Crippen LogP contribution in [0, 0.1) is 0 Å². The van der Waals surface area contributed by atoms with Crippen LogP contribution in [-0.2, 0) is 15.6 Å². The molecule has 0 bridgehead atoms. The van der Waals surface area contributed by atoms with E-state index in [1.54, 1.807) is 6.07 Å². The molecule has 12 heteroatoms. The van der Waals surface area contributed by atoms with Gasteiger partial charge in [0.05, 0.1) is 31.1 Å². The Labute approximate surface area is 294 Å². The van der Waals surface area contributed by atoms with E-state index in [0.29, 0.717) is 37.2 Å². The highest BCUT2D eigenvalue weighted by molar-refractivity contribution is 5.94. The highest BCUT2D eigenvalue weighted by atomic mass is 16.5. The summed E-state index contributed by atoms with van der Waals surface area (Å²) in [5, 5.41) is 14.9. The van der Waals surface area contributed by atoms with Gasteiger partial charge in [0.15, 0.2) is 17.3 Å². The average molecular weight is 683 g/mol. The zero-order chi connectivity index (χ0) is 35.5. The molecule has 1 fully saturated rings. The monoisotopic (exact) mass is 682 g/mol. The number of carbonyl (C=O) groups is 2. The number of aromatic nitrogens is 5. The molecule has 2 atom stereocenters. The minimum Gasteiger partial charge on any atom is -0.484 e. The number of ether oxygens (including phenoxy) is 2. The number of anilines is 1. The van der Waals surface area contributed by atoms with Gasteiger partial charge >= 0.3 is 6.03 Å². The summed E-state index contributed by atoms with van der Waals surface area (Å²) in [6.45, 7) is 16.6. The zero-order valence-electron chi connectivity index (χ0n) is 30.2. The standard InChI is InChI=1S/C38H50N8O4/c1-7-38(5,6)35-44-43-33-17-14-25(24-46(33)35)50-30-16-15-28(26-11-8-9-12-27(26)30)39-36(48)42-32-23-31(37(2,3)4)40-34(41-32)29(47)13-10-18-45-19-21-49-22-20-45/h8-9,11-12,14,17,23-24,28,30H,7,10,13,15-16,18-22H2,1-6H3,(H2,39,40,41,42,48)/t28-,30+/m0/s1. The number of amides is 2. The van der Waals surface area contributed by atoms with Crippen molar-refractivity contribution in [2.45, 2.75) is 96.6 Å². The second-order valence-corrected chi connectivity index (χ2v) is 15.0. The van der Waals surface area contributed by atoms with Crippen molar-refractivity contribution in [2.24, 2.45) is 0 Å². The molecular weight excluding hydrogens is 632 g/mol. The normalized spacial score (nSPS) is 18.4. The first kappa shape index (κ1) is 35.4. The minimum atomic E-state index is -0.391. The van der Waals surface area contributed by atoms with Gasteiger partial charge < -0.3 is 14.8 Å². The van der Waals surface area contributed by atoms with Crippen LogP contribution in [0.3, 0.4) is 0 Å². The van der Waals surface area contributed by atoms with Crippen molar-refractivity contribution in [3.63, 3.8) is 0 Å². The Hall–Kier alpha value is -4.42. The van der Waals surface area contributed by atoms with Crippen LogP contribution < -0.4 is 15.4 Å². The van der Waals surface area contributed by atoms with Gasteiger partial charge in [0, 0.05) is 36.4 Å². The summed E-state index contributed by atoms with van der Waals surface area (Å²) in [4.78, 5) is 38.1. The van der Waals surface area contributed by atoms with E-state index in [0.717, 1.165) is 67.6 Å². The van der Waals surface area contributed by atoms with E-state index in [1.807, 2.05) is 61.7 Å². The fourth-order valence-electron chi connectivity index (χ4n) is 6.48. The van der Waals surface area contributed by atoms with E-state index in [1.165, 1.54) is 0 Å². The SMILES string of the molecule is CCC(C)(C)c1nnc2ccc(O[C@@H]3CC[C@H](NC(=O)Nc4cc(C(C)(C)C)nc(C(=O)CCCN5CCOCC5)n4)c4ccccc43)cn12. The van der Waals surface area contributed by atoms with Gasteiger partial charge in [-0.3, -0.25) is 19.4 Å². The summed E-state index contributed by atoms with van der Waals surface area (Å²) in [6, 6.07) is 13.1. The molecule has 12 nitrogen and oxygen atoms in total. The van der Waals surface area contributed by atoms with E-state index in [4.69, 9.17) is 9.47 Å². The first-order valence-electron chi connectivity index (χ1n) is 17.8. The molecule has 0 saturated carbocycles. The number of rotatable bonds is 11. The average Bonchev–Trinajstić information content (AvgIpc) is 3.53. The lowest BCUT2D eigenvalue weighted by molar-refractivity contribution is 0.0371. The third-order valence-corrected chi connectivity index (χ3v) is 9.85. The number of ketones is 1. The summed E-state index contributed by atoms with van der Waals surface area (Å²) < 4.78 is 14.0. The summed E-state index contributed by atoms with van der Waals surface area (Å²) in [6.07, 6.45) is 5.16. The second kappa shape index (κ2) is 14.8. The van der Waals surface area contributed by atoms with Crippen molar-refractivity contribution < 1.29 is 19.1 Å². The molecule has 50 heavy (non-hydrogen) atoms. The van der Waals surface area contributed by atoms with Crippen LogP contribution in [-0.4, -0.2) is 74.1 Å². The number of benzene rings is 1. The molecule has 3 aromatic heterocycles. The Morgan fingerprint density at radius 3 is 2.48 bits per heavy atom. The van der Waals surface area contributed by atoms with Crippen molar-refractivity contribution in [1.82, 2.24) is 34.8 Å². The molecule has 2 amide bonds. The van der Waals surface area contributed by atoms with Gasteiger partial charge in [0.25, 0.3) is 0 Å². The Morgan fingerprint density at radius 1 is 0.980 bits per heavy atom. The molecule has 0 spiro atoms. The fourth-order valence-corrected chi connectivity index (χ4v) is 6.48. The Bertz CT molecular complexity index is 1830. The van der Waals surface area contributed by atoms with Gasteiger partial charge in [0.2, 0.25) is 0 Å². The highest BCUT2D eigenvalue weighted by Crippen LogP contribution is 2.39. The zero-order valence-corrected chi connectivity index (χ0v) is 30.2. The molecule has 0 radical (unpaired) electrons. The summed E-state index contributed by atoms with van der Waals surface area (Å²) in [7, 11) is 0. The van der Waals surface area contributed by atoms with Gasteiger partial charge in [-0.1, -0.05) is 65.8 Å². The minimum absolute atomic E-state index is 0.130. The molecule has 4 heterocycles. The number of hydrogen-bond donors (Lipinski definition) is 2. The lowest BCUT2D eigenvalue weighted by Crippen LogP contribution is -2.37. The number of Topliss-reactive ketones (excluding diaryl/α,β-unsaturated/α-hetero) is 1. The van der Waals surface area contributed by atoms with Crippen LogP contribution in [0.2, 0.25) is 0 Å². The van der Waals surface area contributed by atoms with Crippen LogP contribution in [0.15, 0.2) is 48.7 Å². The van der Waals surface area contributed by atoms with Crippen LogP contribution in [0.4, 0.5) is 10.6 Å². The number of morpholine rings is 1. The molecule has 1 aliphatic heterocycles. The van der Waals surface area contributed by atoms with Gasteiger partial charge in [-0.05, 0) is 55.5 Å². The lowest BCUT2D eigenvalue weighted by atomic mass is 9.85. The lowest BCUT2D eigenvalue weighted by Gasteiger charge is -2.32. The number of carbonyl (C=O) groups excluding carboxylic acids is 2. The molecule has 4 aromatic rings. The van der Waals surface area contributed by atoms with E-state index in [9.17, 15) is 9.59 Å². The summed E-state index contributed by atoms with van der Waals surface area (Å²) in [5.74, 6) is 1.94. The summed E-state index contributed by atoms with van der Waals surface area (Å²) >= 11 is 0. The van der Waals surface area contributed by atoms with Crippen molar-refractivity contribution in [3.8, 4) is 5.75 Å². The molecule has 1 aliphatic carbocycles. The number of fused-ring (bicyclic) bond motifs is 2. The van der Waals surface area contributed by atoms with Crippen LogP contribution in [0.1, 0.15) is 119 Å². The number of nitrogens with one attached hydrogen (secondary N) is 2. The molecule has 1 aromatic carbocycles. The highest BCUT2D eigenvalue weighted by Gasteiger charge is 2.31. The molecule has 6 rings (SSSR count). The largest absolute Gasteiger partial charge is 0.484 e. The van der Waals surface area contributed by atoms with Crippen LogP contribution in [0.5, 0.6) is 5.75 Å². The Kier molecular flexibility index (Phi) is 10.5. The van der Waals surface area contributed by atoms with Crippen LogP contribution in [0.25, 0.3) is 5.65 Å². The van der Waals surface area contributed by atoms with E-state index in [-0.39, 0.29) is 34.6 Å². The van der Waals surface area contributed by atoms with E-state index in [2.05, 4.69) is 62.5 Å². The van der Waals surface area contributed by atoms with Gasteiger partial charge in [0.1, 0.15) is 23.5 Å². The number of urea groups is 1. The van der Waals surface area contributed by atoms with Crippen LogP contribution >= 0.6 is 0 Å². The topological polar surface area (TPSA) is 136 Å². The molecule has 1 saturated heterocycles. The van der Waals surface area contributed by atoms with Gasteiger partial charge in [-0.25, -0.2) is 14.8 Å². The Balaban J connectivity index is 1.13. The molecule has 0 unspecified atom stereocenters. The predicted octanol–water partition coefficient (Wildman–Crippen LogP) is 6.58. The smallest absolute Gasteiger partial charge is 0.320 e. The van der Waals surface area contributed by atoms with E-state index >= 15 is 0 Å². The maximum Gasteiger partial charge on any atom is 0.320 e. The molecular formula is C38H50N8O4. The second-order valence-electron chi connectivity index (χ2n) is 15.0. The number of hydrogen-bond acceptors (Lipinski definition) is 9. The first-order valence-corrected chi connectivity index (χ1v) is 17.8. The Morgan fingerprint density at radius 2 is 1.74 bits per heavy atom. The maximum atomic E-state index is 13.5. The first-order chi connectivity index (χ1) is 23.9. The maximum absolute atomic E-state index is 13.5. The van der Waals surface area contributed by atoms with Crippen molar-refractivity contribution >= 4 is 23.3 Å². The fraction of sp³-hybridized carbons (Fsp3) is 0.526. The molecule has 2 N–H and O–H groups in total. The number of nitrogens with zero attached hydrogens (tertiary/aromatic N) is 6. The van der Waals surface area contributed by atoms with Gasteiger partial charge in [-0.2, -0.15) is 0 Å². The third-order valence-electron chi connectivity index (χ3n) is 9.85. The predicted molar refractivity (Wildman–Crippen MR) is 192 cm³/mol. The van der Waals surface area contributed by atoms with Gasteiger partial charge in [-0.15, -0.1) is 10.2 Å².